The standard InChI is InChI=1S/C31H38N5O7P/c1-20-31(2,3)22-18-29(44(40,35-13-15-43-16-14-35)33-23-9-7-8-10-25(23)36(38)39)24(19-26(22)34(20)4)32-30(37)21-11-12-27(41-5)28(17-21)42-6/h7-12,17-20H,13-16H2,1-6H3,(H,32,37)(H,33,40)/t20-,44+/m1/s1. The summed E-state index contributed by atoms with van der Waals surface area (Å²) in [6.45, 7) is 7.70. The van der Waals surface area contributed by atoms with Crippen molar-refractivity contribution in [3.05, 3.63) is 75.8 Å². The van der Waals surface area contributed by atoms with Crippen LogP contribution in [-0.4, -0.2) is 69.1 Å². The minimum Gasteiger partial charge on any atom is -0.493 e. The highest BCUT2D eigenvalue weighted by Crippen LogP contribution is 2.54. The molecule has 1 amide bonds. The first kappa shape index (κ1) is 31.3. The molecule has 0 radical (unpaired) electrons. The lowest BCUT2D eigenvalue weighted by atomic mass is 9.81. The van der Waals surface area contributed by atoms with Crippen molar-refractivity contribution in [2.24, 2.45) is 0 Å². The minimum atomic E-state index is -3.86. The fourth-order valence-electron chi connectivity index (χ4n) is 5.83. The number of carbonyl (C=O) groups excluding carboxylic acids is 1. The number of fused-ring (bicyclic) bond motifs is 1. The van der Waals surface area contributed by atoms with Crippen molar-refractivity contribution in [2.45, 2.75) is 32.2 Å². The summed E-state index contributed by atoms with van der Waals surface area (Å²) in [6.07, 6.45) is 0. The number of hydrogen-bond donors (Lipinski definition) is 2. The van der Waals surface area contributed by atoms with E-state index in [4.69, 9.17) is 14.2 Å². The zero-order valence-corrected chi connectivity index (χ0v) is 26.6. The van der Waals surface area contributed by atoms with E-state index >= 15 is 4.57 Å². The Balaban J connectivity index is 1.70. The van der Waals surface area contributed by atoms with E-state index in [1.54, 1.807) is 41.1 Å². The highest BCUT2D eigenvalue weighted by Gasteiger charge is 2.44. The lowest BCUT2D eigenvalue weighted by molar-refractivity contribution is -0.383. The Morgan fingerprint density at radius 2 is 1.73 bits per heavy atom. The van der Waals surface area contributed by atoms with E-state index in [1.165, 1.54) is 20.3 Å². The van der Waals surface area contributed by atoms with Gasteiger partial charge in [-0.05, 0) is 48.9 Å². The van der Waals surface area contributed by atoms with E-state index in [9.17, 15) is 14.9 Å². The predicted octanol–water partition coefficient (Wildman–Crippen LogP) is 5.24. The van der Waals surface area contributed by atoms with Gasteiger partial charge in [-0.25, -0.2) is 4.67 Å². The SMILES string of the molecule is COc1ccc(C(=O)Nc2cc3c(cc2[P@](=O)(Nc2ccccc2[N+](=O)[O-])N2CCOCC2)C(C)(C)[C@@H](C)N3C)cc1OC. The third-order valence-corrected chi connectivity index (χ3v) is 11.6. The van der Waals surface area contributed by atoms with Gasteiger partial charge in [-0.3, -0.25) is 19.5 Å². The molecule has 234 valence electrons. The molecule has 3 aromatic rings. The number of para-hydroxylation sites is 2. The third kappa shape index (κ3) is 5.49. The monoisotopic (exact) mass is 623 g/mol. The summed E-state index contributed by atoms with van der Waals surface area (Å²) in [5, 5.41) is 18.4. The van der Waals surface area contributed by atoms with Gasteiger partial charge in [0.05, 0.1) is 43.3 Å². The van der Waals surface area contributed by atoms with Gasteiger partial charge in [-0.2, -0.15) is 0 Å². The number of nitrogens with zero attached hydrogens (tertiary/aromatic N) is 3. The van der Waals surface area contributed by atoms with Gasteiger partial charge in [0.2, 0.25) is 0 Å². The smallest absolute Gasteiger partial charge is 0.292 e. The number of carbonyl (C=O) groups is 1. The third-order valence-electron chi connectivity index (χ3n) is 8.79. The molecule has 0 bridgehead atoms. The van der Waals surface area contributed by atoms with Crippen LogP contribution in [0.2, 0.25) is 0 Å². The molecule has 1 fully saturated rings. The molecule has 2 heterocycles. The number of nitro groups is 1. The van der Waals surface area contributed by atoms with Crippen molar-refractivity contribution in [3.63, 3.8) is 0 Å². The predicted molar refractivity (Wildman–Crippen MR) is 171 cm³/mol. The summed E-state index contributed by atoms with van der Waals surface area (Å²) in [5.41, 5.74) is 2.10. The topological polar surface area (TPSA) is 136 Å². The van der Waals surface area contributed by atoms with Crippen LogP contribution >= 0.6 is 7.44 Å². The molecule has 0 aliphatic carbocycles. The summed E-state index contributed by atoms with van der Waals surface area (Å²) < 4.78 is 33.6. The summed E-state index contributed by atoms with van der Waals surface area (Å²) in [7, 11) is 1.14. The van der Waals surface area contributed by atoms with E-state index in [-0.39, 0.29) is 22.8 Å². The summed E-state index contributed by atoms with van der Waals surface area (Å²) in [5.74, 6) is 0.423. The quantitative estimate of drug-likeness (QED) is 0.185. The lowest BCUT2D eigenvalue weighted by Crippen LogP contribution is -2.40. The van der Waals surface area contributed by atoms with Crippen molar-refractivity contribution in [1.29, 1.82) is 0 Å². The second-order valence-corrected chi connectivity index (χ2v) is 13.9. The van der Waals surface area contributed by atoms with Crippen LogP contribution in [0.5, 0.6) is 11.5 Å². The maximum atomic E-state index is 15.5. The molecule has 0 unspecified atom stereocenters. The van der Waals surface area contributed by atoms with E-state index in [2.05, 4.69) is 36.1 Å². The van der Waals surface area contributed by atoms with Gasteiger partial charge in [0.15, 0.2) is 11.5 Å². The molecular weight excluding hydrogens is 585 g/mol. The second-order valence-electron chi connectivity index (χ2n) is 11.4. The molecule has 2 atom stereocenters. The Bertz CT molecular complexity index is 1640. The maximum Gasteiger partial charge on any atom is 0.292 e. The fraction of sp³-hybridized carbons (Fsp3) is 0.387. The normalized spacial score (nSPS) is 19.0. The van der Waals surface area contributed by atoms with Crippen LogP contribution in [0.25, 0.3) is 0 Å². The summed E-state index contributed by atoms with van der Waals surface area (Å²) >= 11 is 0. The first-order valence-electron chi connectivity index (χ1n) is 14.3. The maximum absolute atomic E-state index is 15.5. The average molecular weight is 624 g/mol. The minimum absolute atomic E-state index is 0.105. The van der Waals surface area contributed by atoms with Crippen molar-refractivity contribution in [2.75, 3.05) is 62.9 Å². The molecule has 2 aliphatic heterocycles. The number of nitrogens with one attached hydrogen (secondary N) is 2. The van der Waals surface area contributed by atoms with Crippen molar-refractivity contribution in [1.82, 2.24) is 4.67 Å². The van der Waals surface area contributed by atoms with Crippen molar-refractivity contribution < 1.29 is 28.5 Å². The first-order chi connectivity index (χ1) is 20.9. The molecule has 2 N–H and O–H groups in total. The number of methoxy groups -OCH3 is 2. The summed E-state index contributed by atoms with van der Waals surface area (Å²) in [4.78, 5) is 27.4. The van der Waals surface area contributed by atoms with Crippen molar-refractivity contribution >= 4 is 41.4 Å². The van der Waals surface area contributed by atoms with Crippen LogP contribution in [-0.2, 0) is 14.7 Å². The van der Waals surface area contributed by atoms with Gasteiger partial charge >= 0.3 is 0 Å². The number of morpholine rings is 1. The Kier molecular flexibility index (Phi) is 8.62. The molecule has 2 aliphatic rings. The Labute approximate surface area is 256 Å². The van der Waals surface area contributed by atoms with Gasteiger partial charge in [0, 0.05) is 48.9 Å². The van der Waals surface area contributed by atoms with Crippen LogP contribution in [0, 0.1) is 10.1 Å². The van der Waals surface area contributed by atoms with Crippen LogP contribution in [0.1, 0.15) is 36.7 Å². The molecule has 5 rings (SSSR count). The van der Waals surface area contributed by atoms with E-state index < -0.39 is 18.3 Å². The van der Waals surface area contributed by atoms with Gasteiger partial charge in [-0.15, -0.1) is 0 Å². The molecule has 12 nitrogen and oxygen atoms in total. The molecule has 1 saturated heterocycles. The van der Waals surface area contributed by atoms with Crippen LogP contribution in [0.3, 0.4) is 0 Å². The largest absolute Gasteiger partial charge is 0.493 e. The van der Waals surface area contributed by atoms with Crippen LogP contribution in [0.4, 0.5) is 22.7 Å². The van der Waals surface area contributed by atoms with E-state index in [1.807, 2.05) is 19.2 Å². The highest BCUT2D eigenvalue weighted by atomic mass is 31.2. The number of hydrogen-bond acceptors (Lipinski definition) is 8. The Morgan fingerprint density at radius 1 is 1.05 bits per heavy atom. The summed E-state index contributed by atoms with van der Waals surface area (Å²) in [6, 6.07) is 14.8. The number of nitro benzene ring substituents is 1. The van der Waals surface area contributed by atoms with Gasteiger partial charge in [0.25, 0.3) is 19.0 Å². The number of likely N-dealkylation sites (N-methyl/N-ethyl adjacent to an activating group) is 1. The number of amides is 1. The lowest BCUT2D eigenvalue weighted by Gasteiger charge is -2.36. The molecule has 0 aromatic heterocycles. The molecule has 0 saturated carbocycles. The average Bonchev–Trinajstić information content (AvgIpc) is 3.19. The molecule has 3 aromatic carbocycles. The fourth-order valence-corrected chi connectivity index (χ4v) is 8.39. The molecule has 44 heavy (non-hydrogen) atoms. The van der Waals surface area contributed by atoms with Gasteiger partial charge in [-0.1, -0.05) is 26.0 Å². The zero-order valence-electron chi connectivity index (χ0n) is 25.7. The molecule has 13 heteroatoms. The number of benzene rings is 3. The van der Waals surface area contributed by atoms with E-state index in [0.717, 1.165) is 11.3 Å². The number of anilines is 3. The Hall–Kier alpha value is -4.12. The number of rotatable bonds is 9. The molecular formula is C31H38N5O7P. The van der Waals surface area contributed by atoms with Crippen molar-refractivity contribution in [3.8, 4) is 11.5 Å². The first-order valence-corrected chi connectivity index (χ1v) is 16.0. The van der Waals surface area contributed by atoms with Gasteiger partial charge in [0.1, 0.15) is 5.69 Å². The molecule has 0 spiro atoms. The zero-order chi connectivity index (χ0) is 31.8. The van der Waals surface area contributed by atoms with Crippen LogP contribution in [0.15, 0.2) is 54.6 Å². The highest BCUT2D eigenvalue weighted by molar-refractivity contribution is 7.71. The van der Waals surface area contributed by atoms with Gasteiger partial charge < -0.3 is 29.5 Å². The number of ether oxygens (including phenoxy) is 3. The Morgan fingerprint density at radius 3 is 2.39 bits per heavy atom. The van der Waals surface area contributed by atoms with Crippen LogP contribution < -0.4 is 30.1 Å². The van der Waals surface area contributed by atoms with E-state index in [0.29, 0.717) is 54.4 Å². The second kappa shape index (κ2) is 12.1.